The Balaban J connectivity index is 1.73. The quantitative estimate of drug-likeness (QED) is 0.743. The number of benzene rings is 1. The SMILES string of the molecule is Nc1oc2cnccc2c1Nc1ccc2c(c1)CCCC2. The Labute approximate surface area is 123 Å². The first-order valence-corrected chi connectivity index (χ1v) is 7.32. The van der Waals surface area contributed by atoms with Crippen LogP contribution in [0.1, 0.15) is 24.0 Å². The van der Waals surface area contributed by atoms with Crippen LogP contribution in [-0.2, 0) is 12.8 Å². The number of fused-ring (bicyclic) bond motifs is 2. The van der Waals surface area contributed by atoms with Crippen LogP contribution in [0.15, 0.2) is 41.1 Å². The fourth-order valence-corrected chi connectivity index (χ4v) is 3.05. The third-order valence-corrected chi connectivity index (χ3v) is 4.14. The molecule has 2 heterocycles. The molecule has 0 unspecified atom stereocenters. The molecular formula is C17H17N3O. The number of nitrogens with zero attached hydrogens (tertiary/aromatic N) is 1. The molecule has 0 amide bonds. The number of pyridine rings is 1. The van der Waals surface area contributed by atoms with E-state index < -0.39 is 0 Å². The second-order valence-electron chi connectivity index (χ2n) is 5.53. The highest BCUT2D eigenvalue weighted by atomic mass is 16.3. The summed E-state index contributed by atoms with van der Waals surface area (Å²) >= 11 is 0. The molecule has 0 aliphatic heterocycles. The molecule has 1 aliphatic rings. The minimum Gasteiger partial charge on any atom is -0.437 e. The van der Waals surface area contributed by atoms with Gasteiger partial charge in [0.25, 0.3) is 0 Å². The van der Waals surface area contributed by atoms with Crippen molar-refractivity contribution in [3.05, 3.63) is 47.8 Å². The van der Waals surface area contributed by atoms with Crippen LogP contribution in [0.5, 0.6) is 0 Å². The molecule has 0 atom stereocenters. The summed E-state index contributed by atoms with van der Waals surface area (Å²) in [5.41, 5.74) is 11.5. The van der Waals surface area contributed by atoms with Gasteiger partial charge in [-0.15, -0.1) is 0 Å². The Morgan fingerprint density at radius 1 is 1.10 bits per heavy atom. The molecule has 0 radical (unpaired) electrons. The molecule has 1 aromatic carbocycles. The molecule has 0 fully saturated rings. The van der Waals surface area contributed by atoms with Gasteiger partial charge in [-0.05, 0) is 55.0 Å². The third-order valence-electron chi connectivity index (χ3n) is 4.14. The van der Waals surface area contributed by atoms with Crippen molar-refractivity contribution < 1.29 is 4.42 Å². The molecule has 0 saturated carbocycles. The fraction of sp³-hybridized carbons (Fsp3) is 0.235. The Bertz CT molecular complexity index is 807. The molecule has 2 aromatic heterocycles. The lowest BCUT2D eigenvalue weighted by Gasteiger charge is -2.17. The molecular weight excluding hydrogens is 262 g/mol. The predicted molar refractivity (Wildman–Crippen MR) is 84.8 cm³/mol. The summed E-state index contributed by atoms with van der Waals surface area (Å²) in [6.45, 7) is 0. The summed E-state index contributed by atoms with van der Waals surface area (Å²) in [6, 6.07) is 8.48. The molecule has 3 N–H and O–H groups in total. The zero-order chi connectivity index (χ0) is 14.2. The summed E-state index contributed by atoms with van der Waals surface area (Å²) < 4.78 is 5.54. The van der Waals surface area contributed by atoms with Crippen molar-refractivity contribution in [3.63, 3.8) is 0 Å². The van der Waals surface area contributed by atoms with Gasteiger partial charge < -0.3 is 15.5 Å². The van der Waals surface area contributed by atoms with E-state index in [0.717, 1.165) is 23.2 Å². The van der Waals surface area contributed by atoms with Crippen molar-refractivity contribution in [2.45, 2.75) is 25.7 Å². The molecule has 0 saturated heterocycles. The number of nitrogen functional groups attached to an aromatic ring is 1. The van der Waals surface area contributed by atoms with Gasteiger partial charge in [-0.1, -0.05) is 6.07 Å². The fourth-order valence-electron chi connectivity index (χ4n) is 3.05. The number of aromatic nitrogens is 1. The molecule has 21 heavy (non-hydrogen) atoms. The van der Waals surface area contributed by atoms with Crippen LogP contribution >= 0.6 is 0 Å². The van der Waals surface area contributed by atoms with E-state index in [4.69, 9.17) is 10.2 Å². The Hall–Kier alpha value is -2.49. The standard InChI is InChI=1S/C17H17N3O/c18-17-16(14-7-8-19-10-15(14)21-17)20-13-6-5-11-3-1-2-4-12(11)9-13/h5-10,20H,1-4,18H2. The van der Waals surface area contributed by atoms with Crippen molar-refractivity contribution in [3.8, 4) is 0 Å². The van der Waals surface area contributed by atoms with Gasteiger partial charge in [0, 0.05) is 17.3 Å². The van der Waals surface area contributed by atoms with Crippen molar-refractivity contribution in [2.24, 2.45) is 0 Å². The first-order chi connectivity index (χ1) is 10.3. The molecule has 4 nitrogen and oxygen atoms in total. The summed E-state index contributed by atoms with van der Waals surface area (Å²) in [6.07, 6.45) is 8.36. The number of hydrogen-bond donors (Lipinski definition) is 2. The minimum absolute atomic E-state index is 0.399. The van der Waals surface area contributed by atoms with E-state index in [-0.39, 0.29) is 0 Å². The molecule has 4 heteroatoms. The van der Waals surface area contributed by atoms with Crippen molar-refractivity contribution in [1.29, 1.82) is 0 Å². The predicted octanol–water partition coefficient (Wildman–Crippen LogP) is 4.03. The number of hydrogen-bond acceptors (Lipinski definition) is 4. The van der Waals surface area contributed by atoms with Crippen LogP contribution in [0.25, 0.3) is 11.0 Å². The zero-order valence-electron chi connectivity index (χ0n) is 11.7. The monoisotopic (exact) mass is 279 g/mol. The van der Waals surface area contributed by atoms with E-state index in [9.17, 15) is 0 Å². The maximum absolute atomic E-state index is 5.98. The van der Waals surface area contributed by atoms with Gasteiger partial charge in [0.2, 0.25) is 5.88 Å². The highest BCUT2D eigenvalue weighted by Gasteiger charge is 2.14. The summed E-state index contributed by atoms with van der Waals surface area (Å²) in [4.78, 5) is 4.05. The van der Waals surface area contributed by atoms with E-state index in [1.165, 1.54) is 30.4 Å². The highest BCUT2D eigenvalue weighted by molar-refractivity contribution is 5.97. The number of furan rings is 1. The highest BCUT2D eigenvalue weighted by Crippen LogP contribution is 2.35. The van der Waals surface area contributed by atoms with Gasteiger partial charge in [-0.25, -0.2) is 0 Å². The number of anilines is 3. The van der Waals surface area contributed by atoms with Gasteiger partial charge in [-0.3, -0.25) is 4.98 Å². The van der Waals surface area contributed by atoms with Gasteiger partial charge in [0.15, 0.2) is 5.58 Å². The summed E-state index contributed by atoms with van der Waals surface area (Å²) in [5, 5.41) is 4.36. The van der Waals surface area contributed by atoms with E-state index in [1.54, 1.807) is 12.4 Å². The Morgan fingerprint density at radius 2 is 1.95 bits per heavy atom. The van der Waals surface area contributed by atoms with E-state index in [2.05, 4.69) is 28.5 Å². The number of rotatable bonds is 2. The van der Waals surface area contributed by atoms with Crippen LogP contribution < -0.4 is 11.1 Å². The van der Waals surface area contributed by atoms with Gasteiger partial charge in [-0.2, -0.15) is 0 Å². The van der Waals surface area contributed by atoms with Crippen LogP contribution in [0.2, 0.25) is 0 Å². The topological polar surface area (TPSA) is 64.1 Å². The third kappa shape index (κ3) is 2.13. The van der Waals surface area contributed by atoms with Crippen LogP contribution in [-0.4, -0.2) is 4.98 Å². The summed E-state index contributed by atoms with van der Waals surface area (Å²) in [5.74, 6) is 0.399. The average molecular weight is 279 g/mol. The second kappa shape index (κ2) is 4.81. The molecule has 0 spiro atoms. The minimum atomic E-state index is 0.399. The van der Waals surface area contributed by atoms with Crippen molar-refractivity contribution in [2.75, 3.05) is 11.1 Å². The second-order valence-corrected chi connectivity index (χ2v) is 5.53. The maximum atomic E-state index is 5.98. The van der Waals surface area contributed by atoms with Crippen LogP contribution in [0, 0.1) is 0 Å². The molecule has 3 aromatic rings. The first kappa shape index (κ1) is 12.3. The zero-order valence-corrected chi connectivity index (χ0v) is 11.7. The molecule has 1 aliphatic carbocycles. The first-order valence-electron chi connectivity index (χ1n) is 7.32. The van der Waals surface area contributed by atoms with Crippen molar-refractivity contribution in [1.82, 2.24) is 4.98 Å². The smallest absolute Gasteiger partial charge is 0.215 e. The van der Waals surface area contributed by atoms with Crippen LogP contribution in [0.4, 0.5) is 17.3 Å². The number of nitrogens with two attached hydrogens (primary N) is 1. The van der Waals surface area contributed by atoms with Gasteiger partial charge in [0.1, 0.15) is 5.69 Å². The lowest BCUT2D eigenvalue weighted by Crippen LogP contribution is -2.03. The largest absolute Gasteiger partial charge is 0.437 e. The molecule has 4 rings (SSSR count). The normalized spacial score (nSPS) is 14.1. The Kier molecular flexibility index (Phi) is 2.81. The van der Waals surface area contributed by atoms with E-state index in [0.29, 0.717) is 11.5 Å². The lowest BCUT2D eigenvalue weighted by atomic mass is 9.91. The Morgan fingerprint density at radius 3 is 2.86 bits per heavy atom. The summed E-state index contributed by atoms with van der Waals surface area (Å²) in [7, 11) is 0. The van der Waals surface area contributed by atoms with Gasteiger partial charge >= 0.3 is 0 Å². The maximum Gasteiger partial charge on any atom is 0.215 e. The number of nitrogens with one attached hydrogen (secondary N) is 1. The van der Waals surface area contributed by atoms with E-state index in [1.807, 2.05) is 6.07 Å². The lowest BCUT2D eigenvalue weighted by molar-refractivity contribution is 0.636. The van der Waals surface area contributed by atoms with Crippen molar-refractivity contribution >= 4 is 28.2 Å². The van der Waals surface area contributed by atoms with Crippen LogP contribution in [0.3, 0.4) is 0 Å². The van der Waals surface area contributed by atoms with Gasteiger partial charge in [0.05, 0.1) is 6.20 Å². The molecule has 0 bridgehead atoms. The average Bonchev–Trinajstić information content (AvgIpc) is 2.83. The van der Waals surface area contributed by atoms with E-state index >= 15 is 0 Å². The number of aryl methyl sites for hydroxylation is 2. The molecule has 106 valence electrons.